The molecule has 172 valence electrons. The van der Waals surface area contributed by atoms with Crippen molar-refractivity contribution in [1.82, 2.24) is 19.9 Å². The summed E-state index contributed by atoms with van der Waals surface area (Å²) in [5.74, 6) is 0.0957. The maximum Gasteiger partial charge on any atom is 0.407 e. The van der Waals surface area contributed by atoms with Crippen molar-refractivity contribution in [2.45, 2.75) is 31.4 Å². The number of aryl methyl sites for hydroxylation is 2. The number of amides is 1. The Kier molecular flexibility index (Phi) is 6.87. The average molecular weight is 450 g/mol. The molecule has 9 nitrogen and oxygen atoms in total. The highest BCUT2D eigenvalue weighted by molar-refractivity contribution is 5.89. The lowest BCUT2D eigenvalue weighted by molar-refractivity contribution is -0.000607. The number of benzene rings is 2. The summed E-state index contributed by atoms with van der Waals surface area (Å²) in [6.45, 7) is 1.08. The van der Waals surface area contributed by atoms with Crippen molar-refractivity contribution in [2.75, 3.05) is 20.2 Å². The van der Waals surface area contributed by atoms with Crippen molar-refractivity contribution in [3.8, 4) is 5.75 Å². The van der Waals surface area contributed by atoms with E-state index >= 15 is 0 Å². The molecule has 33 heavy (non-hydrogen) atoms. The van der Waals surface area contributed by atoms with E-state index in [0.717, 1.165) is 17.7 Å². The van der Waals surface area contributed by atoms with Gasteiger partial charge in [-0.3, -0.25) is 4.68 Å². The summed E-state index contributed by atoms with van der Waals surface area (Å²) < 4.78 is 12.7. The highest BCUT2D eigenvalue weighted by atomic mass is 16.5. The molecular formula is C24H26N4O5. The molecule has 4 rings (SSSR count). The van der Waals surface area contributed by atoms with Crippen molar-refractivity contribution in [1.29, 1.82) is 0 Å². The molecule has 1 N–H and O–H groups in total. The summed E-state index contributed by atoms with van der Waals surface area (Å²) in [5.41, 5.74) is 2.27. The molecule has 1 aromatic heterocycles. The molecule has 1 saturated heterocycles. The van der Waals surface area contributed by atoms with Crippen LogP contribution in [0.25, 0.3) is 0 Å². The zero-order valence-corrected chi connectivity index (χ0v) is 18.3. The Morgan fingerprint density at radius 1 is 1.12 bits per heavy atom. The van der Waals surface area contributed by atoms with Gasteiger partial charge in [0.2, 0.25) is 0 Å². The van der Waals surface area contributed by atoms with E-state index in [1.165, 1.54) is 4.90 Å². The molecule has 3 aromatic rings. The van der Waals surface area contributed by atoms with Crippen molar-refractivity contribution in [2.24, 2.45) is 0 Å². The van der Waals surface area contributed by atoms with Gasteiger partial charge < -0.3 is 19.5 Å². The molecule has 2 atom stereocenters. The van der Waals surface area contributed by atoms with Gasteiger partial charge in [0.15, 0.2) is 0 Å². The van der Waals surface area contributed by atoms with Crippen molar-refractivity contribution in [3.63, 3.8) is 0 Å². The molecule has 9 heteroatoms. The van der Waals surface area contributed by atoms with Crippen molar-refractivity contribution < 1.29 is 24.2 Å². The predicted molar refractivity (Wildman–Crippen MR) is 119 cm³/mol. The van der Waals surface area contributed by atoms with E-state index in [2.05, 4.69) is 10.3 Å². The van der Waals surface area contributed by atoms with Crippen LogP contribution < -0.4 is 4.74 Å². The first-order valence-electron chi connectivity index (χ1n) is 10.8. The first kappa shape index (κ1) is 22.3. The third-order valence-electron chi connectivity index (χ3n) is 5.82. The number of carbonyl (C=O) groups is 2. The average Bonchev–Trinajstić information content (AvgIpc) is 3.32. The molecule has 2 aromatic carbocycles. The molecule has 1 aliphatic rings. The Morgan fingerprint density at radius 3 is 2.58 bits per heavy atom. The van der Waals surface area contributed by atoms with E-state index in [9.17, 15) is 14.7 Å². The fourth-order valence-electron chi connectivity index (χ4n) is 3.96. The molecule has 1 aliphatic heterocycles. The molecule has 2 unspecified atom stereocenters. The van der Waals surface area contributed by atoms with Gasteiger partial charge in [0.1, 0.15) is 11.9 Å². The number of ether oxygens (including phenoxy) is 2. The summed E-state index contributed by atoms with van der Waals surface area (Å²) in [6, 6.07) is 16.5. The minimum absolute atomic E-state index is 0.0945. The number of likely N-dealkylation sites (tertiary alicyclic amines) is 1. The number of aromatic nitrogens is 3. The molecule has 0 spiro atoms. The Bertz CT molecular complexity index is 1080. The fourth-order valence-corrected chi connectivity index (χ4v) is 3.96. The molecule has 0 bridgehead atoms. The van der Waals surface area contributed by atoms with E-state index in [1.54, 1.807) is 36.1 Å². The van der Waals surface area contributed by atoms with E-state index in [-0.39, 0.29) is 12.5 Å². The van der Waals surface area contributed by atoms with E-state index in [4.69, 9.17) is 9.47 Å². The third kappa shape index (κ3) is 5.49. The van der Waals surface area contributed by atoms with Crippen LogP contribution in [0.5, 0.6) is 5.75 Å². The van der Waals surface area contributed by atoms with Crippen LogP contribution in [0.1, 0.15) is 34.0 Å². The van der Waals surface area contributed by atoms with Crippen LogP contribution in [0, 0.1) is 0 Å². The van der Waals surface area contributed by atoms with Gasteiger partial charge in [0.05, 0.1) is 24.9 Å². The minimum atomic E-state index is -1.03. The van der Waals surface area contributed by atoms with Crippen LogP contribution in [0.15, 0.2) is 60.8 Å². The summed E-state index contributed by atoms with van der Waals surface area (Å²) in [7, 11) is 1.64. The number of piperidine rings is 1. The molecule has 0 radical (unpaired) electrons. The van der Waals surface area contributed by atoms with Crippen molar-refractivity contribution >= 4 is 12.1 Å². The Hall–Kier alpha value is -3.88. The molecule has 0 saturated carbocycles. The zero-order valence-electron chi connectivity index (χ0n) is 18.3. The Balaban J connectivity index is 1.45. The number of hydrogen-bond acceptors (Lipinski definition) is 6. The maximum atomic E-state index is 12.6. The monoisotopic (exact) mass is 450 g/mol. The molecule has 0 aliphatic carbocycles. The summed E-state index contributed by atoms with van der Waals surface area (Å²) in [5, 5.41) is 18.0. The number of rotatable bonds is 7. The number of methoxy groups -OCH3 is 1. The van der Waals surface area contributed by atoms with Crippen LogP contribution in [0.4, 0.5) is 4.79 Å². The Morgan fingerprint density at radius 2 is 1.88 bits per heavy atom. The predicted octanol–water partition coefficient (Wildman–Crippen LogP) is 3.22. The fraction of sp³-hybridized carbons (Fsp3) is 0.333. The highest BCUT2D eigenvalue weighted by Crippen LogP contribution is 2.30. The molecule has 1 amide bonds. The second kappa shape index (κ2) is 10.2. The number of esters is 1. The summed E-state index contributed by atoms with van der Waals surface area (Å²) >= 11 is 0. The number of carboxylic acid groups (broad SMARTS) is 1. The van der Waals surface area contributed by atoms with Crippen LogP contribution in [-0.4, -0.2) is 63.4 Å². The number of nitrogens with zero attached hydrogens (tertiary/aromatic N) is 4. The van der Waals surface area contributed by atoms with Gasteiger partial charge in [0, 0.05) is 25.2 Å². The van der Waals surface area contributed by atoms with Crippen molar-refractivity contribution in [3.05, 3.63) is 77.6 Å². The number of hydrogen-bond donors (Lipinski definition) is 1. The van der Waals surface area contributed by atoms with Crippen LogP contribution in [0.2, 0.25) is 0 Å². The van der Waals surface area contributed by atoms with Crippen LogP contribution in [0.3, 0.4) is 0 Å². The highest BCUT2D eigenvalue weighted by Gasteiger charge is 2.36. The second-order valence-corrected chi connectivity index (χ2v) is 7.94. The first-order chi connectivity index (χ1) is 16.0. The smallest absolute Gasteiger partial charge is 0.407 e. The quantitative estimate of drug-likeness (QED) is 0.551. The van der Waals surface area contributed by atoms with Gasteiger partial charge in [-0.25, -0.2) is 9.59 Å². The number of carbonyl (C=O) groups excluding carboxylic acids is 1. The summed E-state index contributed by atoms with van der Waals surface area (Å²) in [6.07, 6.45) is 1.45. The van der Waals surface area contributed by atoms with Gasteiger partial charge >= 0.3 is 12.1 Å². The Labute approximate surface area is 191 Å². The van der Waals surface area contributed by atoms with Gasteiger partial charge in [-0.05, 0) is 42.7 Å². The SMILES string of the molecule is COc1ccc(CCn2cc(C3CCN(C(=O)O)CC3OC(=O)c3ccccc3)nn2)cc1. The van der Waals surface area contributed by atoms with Gasteiger partial charge in [-0.15, -0.1) is 5.10 Å². The molecule has 2 heterocycles. The van der Waals surface area contributed by atoms with Gasteiger partial charge in [-0.2, -0.15) is 0 Å². The van der Waals surface area contributed by atoms with E-state index in [1.807, 2.05) is 36.5 Å². The van der Waals surface area contributed by atoms with E-state index < -0.39 is 18.2 Å². The molecule has 1 fully saturated rings. The lowest BCUT2D eigenvalue weighted by Gasteiger charge is -2.35. The normalized spacial score (nSPS) is 18.0. The lowest BCUT2D eigenvalue weighted by atomic mass is 9.91. The van der Waals surface area contributed by atoms with Gasteiger partial charge in [-0.1, -0.05) is 35.5 Å². The van der Waals surface area contributed by atoms with Crippen LogP contribution in [-0.2, 0) is 17.7 Å². The minimum Gasteiger partial charge on any atom is -0.497 e. The third-order valence-corrected chi connectivity index (χ3v) is 5.82. The zero-order chi connectivity index (χ0) is 23.2. The van der Waals surface area contributed by atoms with Crippen LogP contribution >= 0.6 is 0 Å². The lowest BCUT2D eigenvalue weighted by Crippen LogP contribution is -2.47. The largest absolute Gasteiger partial charge is 0.497 e. The summed E-state index contributed by atoms with van der Waals surface area (Å²) in [4.78, 5) is 25.4. The van der Waals surface area contributed by atoms with Gasteiger partial charge in [0.25, 0.3) is 0 Å². The molecular weight excluding hydrogens is 424 g/mol. The standard InChI is InChI=1S/C24H26N4O5/c1-32-19-9-7-17(8-10-19)11-14-28-15-21(25-26-28)20-12-13-27(24(30)31)16-22(20)33-23(29)18-5-3-2-4-6-18/h2-10,15,20,22H,11-14,16H2,1H3,(H,30,31). The first-order valence-corrected chi connectivity index (χ1v) is 10.8. The van der Waals surface area contributed by atoms with E-state index in [0.29, 0.717) is 30.8 Å². The topological polar surface area (TPSA) is 107 Å². The second-order valence-electron chi connectivity index (χ2n) is 7.94. The maximum absolute atomic E-state index is 12.6.